The van der Waals surface area contributed by atoms with Crippen molar-refractivity contribution in [2.24, 2.45) is 11.7 Å². The van der Waals surface area contributed by atoms with Crippen LogP contribution in [-0.2, 0) is 9.53 Å². The van der Waals surface area contributed by atoms with E-state index in [1.165, 1.54) is 0 Å². The van der Waals surface area contributed by atoms with E-state index in [0.717, 1.165) is 0 Å². The van der Waals surface area contributed by atoms with Crippen molar-refractivity contribution in [2.75, 3.05) is 0 Å². The minimum atomic E-state index is -4.42. The highest BCUT2D eigenvalue weighted by Crippen LogP contribution is 2.52. The van der Waals surface area contributed by atoms with Gasteiger partial charge in [-0.2, -0.15) is 13.2 Å². The molecule has 88 valence electrons. The number of hydrogen-bond donors (Lipinski definition) is 1. The van der Waals surface area contributed by atoms with E-state index in [-0.39, 0.29) is 6.42 Å². The van der Waals surface area contributed by atoms with Gasteiger partial charge in [-0.15, -0.1) is 0 Å². The zero-order valence-corrected chi connectivity index (χ0v) is 8.81. The van der Waals surface area contributed by atoms with Gasteiger partial charge in [0.15, 0.2) is 0 Å². The molecule has 1 aliphatic rings. The van der Waals surface area contributed by atoms with Crippen molar-refractivity contribution < 1.29 is 22.7 Å². The first-order valence-electron chi connectivity index (χ1n) is 4.56. The van der Waals surface area contributed by atoms with Crippen LogP contribution >= 0.6 is 0 Å². The van der Waals surface area contributed by atoms with Gasteiger partial charge in [-0.25, -0.2) is 0 Å². The minimum absolute atomic E-state index is 0.384. The highest BCUT2D eigenvalue weighted by Gasteiger charge is 2.70. The highest BCUT2D eigenvalue weighted by molar-refractivity contribution is 5.85. The molecule has 1 rings (SSSR count). The minimum Gasteiger partial charge on any atom is -0.459 e. The Morgan fingerprint density at radius 1 is 1.40 bits per heavy atom. The van der Waals surface area contributed by atoms with E-state index in [1.54, 1.807) is 20.8 Å². The molecule has 3 nitrogen and oxygen atoms in total. The van der Waals surface area contributed by atoms with Crippen LogP contribution in [0.15, 0.2) is 0 Å². The van der Waals surface area contributed by atoms with E-state index in [4.69, 9.17) is 10.5 Å². The van der Waals surface area contributed by atoms with Crippen LogP contribution < -0.4 is 5.73 Å². The number of ether oxygens (including phenoxy) is 1. The summed E-state index contributed by atoms with van der Waals surface area (Å²) < 4.78 is 41.6. The third kappa shape index (κ3) is 2.62. The zero-order chi connectivity index (χ0) is 12.1. The molecule has 0 radical (unpaired) electrons. The summed E-state index contributed by atoms with van der Waals surface area (Å²) in [7, 11) is 0. The number of nitrogens with two attached hydrogens (primary N) is 1. The van der Waals surface area contributed by atoms with Crippen LogP contribution in [0.5, 0.6) is 0 Å². The third-order valence-corrected chi connectivity index (χ3v) is 2.18. The normalized spacial score (nSPS) is 31.3. The van der Waals surface area contributed by atoms with Gasteiger partial charge >= 0.3 is 12.1 Å². The largest absolute Gasteiger partial charge is 0.459 e. The maximum absolute atomic E-state index is 12.2. The molecule has 1 fully saturated rings. The van der Waals surface area contributed by atoms with Crippen molar-refractivity contribution in [3.05, 3.63) is 0 Å². The Balaban J connectivity index is 2.65. The Hall–Kier alpha value is -0.780. The topological polar surface area (TPSA) is 52.3 Å². The second kappa shape index (κ2) is 3.10. The first kappa shape index (κ1) is 12.3. The van der Waals surface area contributed by atoms with Gasteiger partial charge in [0, 0.05) is 0 Å². The van der Waals surface area contributed by atoms with E-state index in [0.29, 0.717) is 0 Å². The molecule has 0 aromatic rings. The molecule has 0 aromatic carbocycles. The summed E-state index contributed by atoms with van der Waals surface area (Å²) in [5, 5.41) is 0. The Kier molecular flexibility index (Phi) is 2.54. The van der Waals surface area contributed by atoms with Crippen molar-refractivity contribution in [3.8, 4) is 0 Å². The van der Waals surface area contributed by atoms with Crippen molar-refractivity contribution >= 4 is 5.97 Å². The summed E-state index contributed by atoms with van der Waals surface area (Å²) in [6.45, 7) is 4.75. The van der Waals surface area contributed by atoms with Crippen LogP contribution in [-0.4, -0.2) is 23.3 Å². The lowest BCUT2D eigenvalue weighted by atomic mass is 10.1. The van der Waals surface area contributed by atoms with E-state index >= 15 is 0 Å². The number of alkyl halides is 3. The lowest BCUT2D eigenvalue weighted by Crippen LogP contribution is -2.43. The summed E-state index contributed by atoms with van der Waals surface area (Å²) in [4.78, 5) is 11.4. The zero-order valence-electron chi connectivity index (χ0n) is 8.81. The van der Waals surface area contributed by atoms with Crippen molar-refractivity contribution in [1.82, 2.24) is 0 Å². The number of carbonyl (C=O) groups is 1. The van der Waals surface area contributed by atoms with E-state index in [9.17, 15) is 18.0 Å². The fourth-order valence-electron chi connectivity index (χ4n) is 1.29. The molecule has 1 aliphatic carbocycles. The second-order valence-electron chi connectivity index (χ2n) is 4.84. The number of halogens is 3. The third-order valence-electron chi connectivity index (χ3n) is 2.18. The van der Waals surface area contributed by atoms with Crippen LogP contribution in [0.4, 0.5) is 13.2 Å². The van der Waals surface area contributed by atoms with Gasteiger partial charge in [0.25, 0.3) is 0 Å². The molecule has 0 spiro atoms. The van der Waals surface area contributed by atoms with Crippen LogP contribution in [0, 0.1) is 5.92 Å². The molecular weight excluding hydrogens is 211 g/mol. The SMILES string of the molecule is CC(C)(C)OC(=O)[C@@]1(N)C[C@H]1C(F)(F)F. The molecule has 0 aromatic heterocycles. The Morgan fingerprint density at radius 2 is 1.87 bits per heavy atom. The van der Waals surface area contributed by atoms with Crippen molar-refractivity contribution in [1.29, 1.82) is 0 Å². The van der Waals surface area contributed by atoms with Gasteiger partial charge in [-0.3, -0.25) is 4.79 Å². The first-order valence-corrected chi connectivity index (χ1v) is 4.56. The summed E-state index contributed by atoms with van der Waals surface area (Å²) in [6, 6.07) is 0. The number of carbonyl (C=O) groups excluding carboxylic acids is 1. The summed E-state index contributed by atoms with van der Waals surface area (Å²) in [6.07, 6.45) is -4.81. The average Bonchev–Trinajstić information content (AvgIpc) is 2.58. The number of esters is 1. The molecule has 2 atom stereocenters. The Morgan fingerprint density at radius 3 is 2.13 bits per heavy atom. The Labute approximate surface area is 85.8 Å². The summed E-state index contributed by atoms with van der Waals surface area (Å²) >= 11 is 0. The highest BCUT2D eigenvalue weighted by atomic mass is 19.4. The molecule has 0 unspecified atom stereocenters. The molecule has 0 bridgehead atoms. The number of rotatable bonds is 1. The molecule has 0 heterocycles. The number of hydrogen-bond acceptors (Lipinski definition) is 3. The Bertz CT molecular complexity index is 282. The molecular formula is C9H14F3NO2. The lowest BCUT2D eigenvalue weighted by Gasteiger charge is -2.22. The molecule has 6 heteroatoms. The van der Waals surface area contributed by atoms with Gasteiger partial charge in [0.1, 0.15) is 11.1 Å². The maximum atomic E-state index is 12.2. The van der Waals surface area contributed by atoms with E-state index in [2.05, 4.69) is 0 Å². The smallest absolute Gasteiger partial charge is 0.394 e. The van der Waals surface area contributed by atoms with E-state index in [1.807, 2.05) is 0 Å². The molecule has 0 saturated heterocycles. The standard InChI is InChI=1S/C9H14F3NO2/c1-7(2,3)15-6(14)8(13)4-5(8)9(10,11)12/h5H,4,13H2,1-3H3/t5-,8-/m1/s1. The molecule has 0 aliphatic heterocycles. The monoisotopic (exact) mass is 225 g/mol. The molecule has 0 amide bonds. The van der Waals surface area contributed by atoms with Crippen LogP contribution in [0.25, 0.3) is 0 Å². The predicted molar refractivity (Wildman–Crippen MR) is 46.9 cm³/mol. The van der Waals surface area contributed by atoms with Gasteiger partial charge in [-0.05, 0) is 27.2 Å². The van der Waals surface area contributed by atoms with Crippen molar-refractivity contribution in [3.63, 3.8) is 0 Å². The van der Waals surface area contributed by atoms with Crippen LogP contribution in [0.3, 0.4) is 0 Å². The predicted octanol–water partition coefficient (Wildman–Crippen LogP) is 1.61. The van der Waals surface area contributed by atoms with Crippen molar-refractivity contribution in [2.45, 2.75) is 44.5 Å². The fourth-order valence-corrected chi connectivity index (χ4v) is 1.29. The van der Waals surface area contributed by atoms with Gasteiger partial charge in [0.2, 0.25) is 0 Å². The average molecular weight is 225 g/mol. The second-order valence-corrected chi connectivity index (χ2v) is 4.84. The summed E-state index contributed by atoms with van der Waals surface area (Å²) in [5.74, 6) is -2.74. The maximum Gasteiger partial charge on any atom is 0.394 e. The molecule has 1 saturated carbocycles. The quantitative estimate of drug-likeness (QED) is 0.690. The van der Waals surface area contributed by atoms with Gasteiger partial charge in [0.05, 0.1) is 5.92 Å². The fraction of sp³-hybridized carbons (Fsp3) is 0.889. The van der Waals surface area contributed by atoms with Gasteiger partial charge < -0.3 is 10.5 Å². The van der Waals surface area contributed by atoms with Gasteiger partial charge in [-0.1, -0.05) is 0 Å². The summed E-state index contributed by atoms with van der Waals surface area (Å²) in [5.41, 5.74) is 2.65. The van der Waals surface area contributed by atoms with Crippen LogP contribution in [0.2, 0.25) is 0 Å². The first-order chi connectivity index (χ1) is 6.47. The molecule has 15 heavy (non-hydrogen) atoms. The van der Waals surface area contributed by atoms with E-state index < -0.39 is 29.2 Å². The lowest BCUT2D eigenvalue weighted by molar-refractivity contribution is -0.171. The molecule has 2 N–H and O–H groups in total. The van der Waals surface area contributed by atoms with Crippen LogP contribution in [0.1, 0.15) is 27.2 Å².